The lowest BCUT2D eigenvalue weighted by molar-refractivity contribution is -0.137. The van der Waals surface area contributed by atoms with Gasteiger partial charge >= 0.3 is 12.0 Å². The van der Waals surface area contributed by atoms with Gasteiger partial charge in [-0.1, -0.05) is 0 Å². The van der Waals surface area contributed by atoms with Crippen molar-refractivity contribution in [3.05, 3.63) is 18.3 Å². The molecule has 0 unspecified atom stereocenters. The summed E-state index contributed by atoms with van der Waals surface area (Å²) >= 11 is 0. The first kappa shape index (κ1) is 13.8. The highest BCUT2D eigenvalue weighted by Gasteiger charge is 2.10. The van der Waals surface area contributed by atoms with Crippen molar-refractivity contribution in [2.24, 2.45) is 0 Å². The number of rotatable bonds is 5. The topological polar surface area (TPSA) is 91.8 Å². The van der Waals surface area contributed by atoms with Gasteiger partial charge in [-0.3, -0.25) is 4.79 Å². The molecule has 0 saturated carbocycles. The van der Waals surface area contributed by atoms with Crippen molar-refractivity contribution >= 4 is 17.7 Å². The van der Waals surface area contributed by atoms with Gasteiger partial charge in [0.25, 0.3) is 0 Å². The molecule has 98 valence electrons. The largest absolute Gasteiger partial charge is 0.481 e. The summed E-state index contributed by atoms with van der Waals surface area (Å²) in [6.07, 6.45) is 1.41. The molecule has 0 bridgehead atoms. The molecule has 2 amide bonds. The molecule has 0 spiro atoms. The number of carboxylic acid groups (broad SMARTS) is 1. The molecule has 0 fully saturated rings. The Morgan fingerprint density at radius 3 is 2.89 bits per heavy atom. The third kappa shape index (κ3) is 4.28. The molecule has 2 N–H and O–H groups in total. The molecule has 1 aromatic heterocycles. The summed E-state index contributed by atoms with van der Waals surface area (Å²) in [6.45, 7) is 0.142. The van der Waals surface area contributed by atoms with E-state index in [4.69, 9.17) is 9.84 Å². The number of ether oxygens (including phenoxy) is 1. The summed E-state index contributed by atoms with van der Waals surface area (Å²) in [6, 6.07) is 2.80. The maximum atomic E-state index is 11.7. The summed E-state index contributed by atoms with van der Waals surface area (Å²) < 4.78 is 4.92. The van der Waals surface area contributed by atoms with Crippen LogP contribution in [0.2, 0.25) is 0 Å². The van der Waals surface area contributed by atoms with Crippen molar-refractivity contribution in [3.8, 4) is 5.88 Å². The van der Waals surface area contributed by atoms with Crippen LogP contribution >= 0.6 is 0 Å². The Morgan fingerprint density at radius 2 is 2.28 bits per heavy atom. The molecule has 1 heterocycles. The number of carboxylic acids is 1. The number of nitrogens with one attached hydrogen (secondary N) is 1. The van der Waals surface area contributed by atoms with Gasteiger partial charge in [0.15, 0.2) is 0 Å². The minimum absolute atomic E-state index is 0.0937. The Kier molecular flexibility index (Phi) is 4.91. The minimum atomic E-state index is -0.944. The fourth-order valence-corrected chi connectivity index (χ4v) is 1.18. The Hall–Kier alpha value is -2.31. The number of anilines is 1. The molecule has 0 radical (unpaired) electrons. The number of nitrogens with zero attached hydrogens (tertiary/aromatic N) is 2. The van der Waals surface area contributed by atoms with Crippen molar-refractivity contribution in [2.75, 3.05) is 26.0 Å². The van der Waals surface area contributed by atoms with E-state index in [0.717, 1.165) is 0 Å². The molecule has 7 nitrogen and oxygen atoms in total. The monoisotopic (exact) mass is 253 g/mol. The zero-order chi connectivity index (χ0) is 13.5. The quantitative estimate of drug-likeness (QED) is 0.817. The van der Waals surface area contributed by atoms with Crippen LogP contribution < -0.4 is 10.1 Å². The second-order valence-corrected chi connectivity index (χ2v) is 3.58. The summed E-state index contributed by atoms with van der Waals surface area (Å²) in [4.78, 5) is 27.3. The number of aliphatic carboxylic acids is 1. The first-order valence-electron chi connectivity index (χ1n) is 5.27. The van der Waals surface area contributed by atoms with Crippen molar-refractivity contribution in [1.29, 1.82) is 0 Å². The number of hydrogen-bond donors (Lipinski definition) is 2. The van der Waals surface area contributed by atoms with Crippen molar-refractivity contribution in [2.45, 2.75) is 6.42 Å². The van der Waals surface area contributed by atoms with Crippen LogP contribution in [-0.4, -0.2) is 47.7 Å². The van der Waals surface area contributed by atoms with Gasteiger partial charge in [-0.2, -0.15) is 0 Å². The van der Waals surface area contributed by atoms with Gasteiger partial charge in [-0.05, 0) is 6.07 Å². The highest BCUT2D eigenvalue weighted by atomic mass is 16.5. The average Bonchev–Trinajstić information content (AvgIpc) is 2.36. The van der Waals surface area contributed by atoms with Crippen molar-refractivity contribution < 1.29 is 19.4 Å². The molecule has 0 atom stereocenters. The number of aromatic nitrogens is 1. The molecule has 0 saturated heterocycles. The van der Waals surface area contributed by atoms with Gasteiger partial charge in [-0.15, -0.1) is 0 Å². The number of amides is 2. The van der Waals surface area contributed by atoms with E-state index in [1.807, 2.05) is 0 Å². The highest BCUT2D eigenvalue weighted by Crippen LogP contribution is 2.13. The predicted molar refractivity (Wildman–Crippen MR) is 64.7 cm³/mol. The van der Waals surface area contributed by atoms with Crippen LogP contribution in [-0.2, 0) is 4.79 Å². The van der Waals surface area contributed by atoms with E-state index in [9.17, 15) is 9.59 Å². The van der Waals surface area contributed by atoms with E-state index in [-0.39, 0.29) is 19.0 Å². The van der Waals surface area contributed by atoms with E-state index >= 15 is 0 Å². The van der Waals surface area contributed by atoms with Crippen molar-refractivity contribution in [3.63, 3.8) is 0 Å². The van der Waals surface area contributed by atoms with Gasteiger partial charge in [0.1, 0.15) is 0 Å². The molecule has 0 aromatic carbocycles. The maximum Gasteiger partial charge on any atom is 0.321 e. The third-order valence-corrected chi connectivity index (χ3v) is 2.20. The van der Waals surface area contributed by atoms with E-state index < -0.39 is 5.97 Å². The van der Waals surface area contributed by atoms with E-state index in [2.05, 4.69) is 10.3 Å². The van der Waals surface area contributed by atoms with Crippen LogP contribution in [0.25, 0.3) is 0 Å². The second-order valence-electron chi connectivity index (χ2n) is 3.58. The van der Waals surface area contributed by atoms with Gasteiger partial charge in [0.05, 0.1) is 13.5 Å². The molecule has 0 aliphatic carbocycles. The van der Waals surface area contributed by atoms with Gasteiger partial charge in [-0.25, -0.2) is 9.78 Å². The highest BCUT2D eigenvalue weighted by molar-refractivity contribution is 5.89. The lowest BCUT2D eigenvalue weighted by Gasteiger charge is -2.16. The lowest BCUT2D eigenvalue weighted by Crippen LogP contribution is -2.33. The fourth-order valence-electron chi connectivity index (χ4n) is 1.18. The Labute approximate surface area is 104 Å². The fraction of sp³-hybridized carbons (Fsp3) is 0.364. The van der Waals surface area contributed by atoms with Gasteiger partial charge in [0.2, 0.25) is 5.88 Å². The van der Waals surface area contributed by atoms with E-state index in [1.54, 1.807) is 12.1 Å². The Balaban J connectivity index is 2.55. The smallest absolute Gasteiger partial charge is 0.321 e. The number of methoxy groups -OCH3 is 1. The third-order valence-electron chi connectivity index (χ3n) is 2.20. The van der Waals surface area contributed by atoms with Crippen LogP contribution in [0.3, 0.4) is 0 Å². The molecule has 0 aliphatic rings. The SMILES string of the molecule is COc1cc(NC(=O)N(C)CCC(=O)O)ccn1. The average molecular weight is 253 g/mol. The number of hydrogen-bond acceptors (Lipinski definition) is 4. The number of urea groups is 1. The van der Waals surface area contributed by atoms with E-state index in [0.29, 0.717) is 11.6 Å². The van der Waals surface area contributed by atoms with Gasteiger partial charge in [0, 0.05) is 31.5 Å². The predicted octanol–water partition coefficient (Wildman–Crippen LogP) is 1.03. The summed E-state index contributed by atoms with van der Waals surface area (Å²) in [5.41, 5.74) is 0.536. The summed E-state index contributed by atoms with van der Waals surface area (Å²) in [7, 11) is 3.00. The molecular formula is C11H15N3O4. The lowest BCUT2D eigenvalue weighted by atomic mass is 10.4. The molecule has 7 heteroatoms. The molecule has 1 aromatic rings. The first-order valence-corrected chi connectivity index (χ1v) is 5.27. The molecule has 0 aliphatic heterocycles. The zero-order valence-corrected chi connectivity index (χ0v) is 10.2. The van der Waals surface area contributed by atoms with Crippen LogP contribution in [0.1, 0.15) is 6.42 Å². The molecule has 18 heavy (non-hydrogen) atoms. The summed E-state index contributed by atoms with van der Waals surface area (Å²) in [5, 5.41) is 11.1. The maximum absolute atomic E-state index is 11.7. The first-order chi connectivity index (χ1) is 8.52. The zero-order valence-electron chi connectivity index (χ0n) is 10.2. The minimum Gasteiger partial charge on any atom is -0.481 e. The van der Waals surface area contributed by atoms with Crippen LogP contribution in [0, 0.1) is 0 Å². The Morgan fingerprint density at radius 1 is 1.56 bits per heavy atom. The Bertz CT molecular complexity index is 436. The number of carbonyl (C=O) groups excluding carboxylic acids is 1. The number of pyridine rings is 1. The van der Waals surface area contributed by atoms with Gasteiger partial charge < -0.3 is 20.1 Å². The van der Waals surface area contributed by atoms with E-state index in [1.165, 1.54) is 25.3 Å². The van der Waals surface area contributed by atoms with Crippen LogP contribution in [0.5, 0.6) is 5.88 Å². The standard InChI is InChI=1S/C11H15N3O4/c1-14(6-4-10(15)16)11(17)13-8-3-5-12-9(7-8)18-2/h3,5,7H,4,6H2,1-2H3,(H,15,16)(H,12,13,17). The van der Waals surface area contributed by atoms with Crippen molar-refractivity contribution in [1.82, 2.24) is 9.88 Å². The summed E-state index contributed by atoms with van der Waals surface area (Å²) in [5.74, 6) is -0.554. The number of carbonyl (C=O) groups is 2. The second kappa shape index (κ2) is 6.43. The van der Waals surface area contributed by atoms with Crippen LogP contribution in [0.4, 0.5) is 10.5 Å². The molecule has 1 rings (SSSR count). The molecular weight excluding hydrogens is 238 g/mol. The van der Waals surface area contributed by atoms with Crippen LogP contribution in [0.15, 0.2) is 18.3 Å². The normalized spacial score (nSPS) is 9.67.